The maximum atomic E-state index is 13.2. The van der Waals surface area contributed by atoms with Gasteiger partial charge in [-0.2, -0.15) is 0 Å². The summed E-state index contributed by atoms with van der Waals surface area (Å²) in [5.41, 5.74) is 0.744. The molecule has 0 bridgehead atoms. The van der Waals surface area contributed by atoms with E-state index in [1.165, 1.54) is 12.1 Å². The third-order valence-corrected chi connectivity index (χ3v) is 3.60. The first-order chi connectivity index (χ1) is 8.60. The molecule has 1 fully saturated rings. The van der Waals surface area contributed by atoms with Gasteiger partial charge in [0.05, 0.1) is 0 Å². The molecule has 1 heterocycles. The smallest absolute Gasteiger partial charge is 0.160 e. The van der Waals surface area contributed by atoms with E-state index in [1.54, 1.807) is 6.07 Å². The van der Waals surface area contributed by atoms with E-state index in [9.17, 15) is 8.78 Å². The van der Waals surface area contributed by atoms with E-state index in [2.05, 4.69) is 4.90 Å². The predicted octanol–water partition coefficient (Wildman–Crippen LogP) is 2.81. The first-order valence-corrected chi connectivity index (χ1v) is 6.41. The highest BCUT2D eigenvalue weighted by atomic mass is 19.2. The molecule has 2 nitrogen and oxygen atoms in total. The molecule has 1 N–H and O–H groups in total. The van der Waals surface area contributed by atoms with E-state index < -0.39 is 11.6 Å². The Morgan fingerprint density at radius 2 is 2.17 bits per heavy atom. The Kier molecular flexibility index (Phi) is 4.17. The molecular weight excluding hydrogens is 236 g/mol. The summed E-state index contributed by atoms with van der Waals surface area (Å²) in [6.45, 7) is 3.96. The van der Waals surface area contributed by atoms with Gasteiger partial charge < -0.3 is 10.0 Å². The fraction of sp³-hybridized carbons (Fsp3) is 0.571. The van der Waals surface area contributed by atoms with Crippen LogP contribution in [0.25, 0.3) is 0 Å². The molecule has 1 aromatic rings. The molecule has 0 aliphatic carbocycles. The van der Waals surface area contributed by atoms with Crippen molar-refractivity contribution in [2.24, 2.45) is 11.8 Å². The van der Waals surface area contributed by atoms with Crippen molar-refractivity contribution in [1.82, 2.24) is 0 Å². The van der Waals surface area contributed by atoms with Crippen molar-refractivity contribution in [2.75, 3.05) is 24.6 Å². The lowest BCUT2D eigenvalue weighted by molar-refractivity contribution is 0.215. The minimum absolute atomic E-state index is 0.210. The molecule has 0 amide bonds. The zero-order chi connectivity index (χ0) is 13.1. The van der Waals surface area contributed by atoms with Gasteiger partial charge in [0, 0.05) is 31.5 Å². The summed E-state index contributed by atoms with van der Waals surface area (Å²) < 4.78 is 26.0. The van der Waals surface area contributed by atoms with Crippen molar-refractivity contribution in [3.05, 3.63) is 29.8 Å². The van der Waals surface area contributed by atoms with Gasteiger partial charge >= 0.3 is 0 Å². The van der Waals surface area contributed by atoms with Crippen LogP contribution in [0, 0.1) is 23.5 Å². The highest BCUT2D eigenvalue weighted by Crippen LogP contribution is 2.28. The van der Waals surface area contributed by atoms with Crippen LogP contribution >= 0.6 is 0 Å². The number of aliphatic hydroxyl groups is 1. The number of rotatable bonds is 4. The van der Waals surface area contributed by atoms with Gasteiger partial charge in [0.1, 0.15) is 0 Å². The van der Waals surface area contributed by atoms with Gasteiger partial charge in [0.15, 0.2) is 11.6 Å². The highest BCUT2D eigenvalue weighted by Gasteiger charge is 2.24. The lowest BCUT2D eigenvalue weighted by Gasteiger charge is -2.19. The predicted molar refractivity (Wildman–Crippen MR) is 67.5 cm³/mol. The first kappa shape index (κ1) is 13.3. The van der Waals surface area contributed by atoms with Crippen molar-refractivity contribution in [1.29, 1.82) is 0 Å². The van der Waals surface area contributed by atoms with E-state index >= 15 is 0 Å². The minimum atomic E-state index is -0.802. The number of nitrogens with zero attached hydrogens (tertiary/aromatic N) is 1. The molecule has 0 aromatic heterocycles. The van der Waals surface area contributed by atoms with Crippen LogP contribution in [0.4, 0.5) is 14.5 Å². The summed E-state index contributed by atoms with van der Waals surface area (Å²) in [6.07, 6.45) is 2.03. The van der Waals surface area contributed by atoms with Crippen LogP contribution < -0.4 is 4.90 Å². The number of hydrogen-bond donors (Lipinski definition) is 1. The molecule has 2 unspecified atom stereocenters. The molecule has 1 saturated heterocycles. The fourth-order valence-corrected chi connectivity index (χ4v) is 2.58. The lowest BCUT2D eigenvalue weighted by Crippen LogP contribution is -2.20. The Bertz CT molecular complexity index is 411. The Balaban J connectivity index is 1.97. The quantitative estimate of drug-likeness (QED) is 0.894. The number of hydrogen-bond acceptors (Lipinski definition) is 2. The average Bonchev–Trinajstić information content (AvgIpc) is 2.81. The summed E-state index contributed by atoms with van der Waals surface area (Å²) in [5, 5.41) is 9.04. The molecule has 18 heavy (non-hydrogen) atoms. The van der Waals surface area contributed by atoms with Gasteiger partial charge in [-0.25, -0.2) is 8.78 Å². The van der Waals surface area contributed by atoms with Crippen LogP contribution in [0.5, 0.6) is 0 Å². The first-order valence-electron chi connectivity index (χ1n) is 6.41. The van der Waals surface area contributed by atoms with Crippen molar-refractivity contribution in [3.8, 4) is 0 Å². The topological polar surface area (TPSA) is 23.5 Å². The summed E-state index contributed by atoms with van der Waals surface area (Å²) in [5.74, 6) is -0.761. The number of aliphatic hydroxyl groups excluding tert-OH is 1. The monoisotopic (exact) mass is 255 g/mol. The molecule has 2 rings (SSSR count). The molecule has 1 aromatic carbocycles. The van der Waals surface area contributed by atoms with Crippen LogP contribution in [-0.2, 0) is 0 Å². The largest absolute Gasteiger partial charge is 0.396 e. The normalized spacial score (nSPS) is 21.3. The maximum absolute atomic E-state index is 13.2. The third kappa shape index (κ3) is 2.99. The van der Waals surface area contributed by atoms with Crippen molar-refractivity contribution in [3.63, 3.8) is 0 Å². The molecule has 2 atom stereocenters. The van der Waals surface area contributed by atoms with Gasteiger partial charge in [-0.05, 0) is 36.8 Å². The van der Waals surface area contributed by atoms with E-state index in [0.29, 0.717) is 11.8 Å². The van der Waals surface area contributed by atoms with E-state index in [1.807, 2.05) is 6.92 Å². The van der Waals surface area contributed by atoms with Crippen LogP contribution in [0.3, 0.4) is 0 Å². The Labute approximate surface area is 106 Å². The van der Waals surface area contributed by atoms with E-state index in [4.69, 9.17) is 5.11 Å². The van der Waals surface area contributed by atoms with Crippen molar-refractivity contribution >= 4 is 5.69 Å². The second-order valence-electron chi connectivity index (χ2n) is 5.22. The zero-order valence-corrected chi connectivity index (χ0v) is 10.6. The Hall–Kier alpha value is -1.16. The highest BCUT2D eigenvalue weighted by molar-refractivity contribution is 5.47. The second-order valence-corrected chi connectivity index (χ2v) is 5.22. The molecule has 1 aliphatic rings. The maximum Gasteiger partial charge on any atom is 0.160 e. The van der Waals surface area contributed by atoms with Gasteiger partial charge in [0.2, 0.25) is 0 Å². The van der Waals surface area contributed by atoms with Gasteiger partial charge in [-0.3, -0.25) is 0 Å². The summed E-state index contributed by atoms with van der Waals surface area (Å²) in [6, 6.07) is 4.05. The minimum Gasteiger partial charge on any atom is -0.396 e. The summed E-state index contributed by atoms with van der Waals surface area (Å²) in [4.78, 5) is 2.08. The van der Waals surface area contributed by atoms with Crippen molar-refractivity contribution in [2.45, 2.75) is 19.8 Å². The standard InChI is InChI=1S/C14H19F2NO/c1-10(9-18)6-11-4-5-17(8-11)12-2-3-13(15)14(16)7-12/h2-3,7,10-11,18H,4-6,8-9H2,1H3. The molecular formula is C14H19F2NO. The van der Waals surface area contributed by atoms with Gasteiger partial charge in [-0.1, -0.05) is 6.92 Å². The number of benzene rings is 1. The van der Waals surface area contributed by atoms with Crippen LogP contribution in [0.2, 0.25) is 0 Å². The fourth-order valence-electron chi connectivity index (χ4n) is 2.58. The van der Waals surface area contributed by atoms with Crippen LogP contribution in [-0.4, -0.2) is 24.8 Å². The van der Waals surface area contributed by atoms with Crippen molar-refractivity contribution < 1.29 is 13.9 Å². The lowest BCUT2D eigenvalue weighted by atomic mass is 9.96. The Morgan fingerprint density at radius 1 is 1.39 bits per heavy atom. The van der Waals surface area contributed by atoms with E-state index in [-0.39, 0.29) is 6.61 Å². The molecule has 1 aliphatic heterocycles. The molecule has 0 radical (unpaired) electrons. The number of anilines is 1. The van der Waals surface area contributed by atoms with Crippen LogP contribution in [0.15, 0.2) is 18.2 Å². The van der Waals surface area contributed by atoms with Gasteiger partial charge in [0.25, 0.3) is 0 Å². The summed E-state index contributed by atoms with van der Waals surface area (Å²) >= 11 is 0. The van der Waals surface area contributed by atoms with E-state index in [0.717, 1.165) is 31.6 Å². The Morgan fingerprint density at radius 3 is 2.83 bits per heavy atom. The van der Waals surface area contributed by atoms with Gasteiger partial charge in [-0.15, -0.1) is 0 Å². The third-order valence-electron chi connectivity index (χ3n) is 3.60. The number of halogens is 2. The summed E-state index contributed by atoms with van der Waals surface area (Å²) in [7, 11) is 0. The van der Waals surface area contributed by atoms with Crippen LogP contribution in [0.1, 0.15) is 19.8 Å². The molecule has 4 heteroatoms. The molecule has 100 valence electrons. The molecule has 0 saturated carbocycles. The zero-order valence-electron chi connectivity index (χ0n) is 10.6. The SMILES string of the molecule is CC(CO)CC1CCN(c2ccc(F)c(F)c2)C1. The average molecular weight is 255 g/mol. The molecule has 0 spiro atoms. The second kappa shape index (κ2) is 5.65.